The SMILES string of the molecule is CCCC1CCC(NC)C(N(C)Cc2cccc(C)n2)C1. The molecule has 0 bridgehead atoms. The molecular formula is C18H31N3. The third kappa shape index (κ3) is 4.52. The van der Waals surface area contributed by atoms with Crippen LogP contribution in [-0.2, 0) is 6.54 Å². The van der Waals surface area contributed by atoms with Crippen LogP contribution in [0.3, 0.4) is 0 Å². The van der Waals surface area contributed by atoms with Crippen LogP contribution in [0.4, 0.5) is 0 Å². The van der Waals surface area contributed by atoms with Gasteiger partial charge in [-0.05, 0) is 58.3 Å². The molecule has 0 saturated heterocycles. The van der Waals surface area contributed by atoms with Crippen LogP contribution < -0.4 is 5.32 Å². The zero-order valence-corrected chi connectivity index (χ0v) is 14.1. The fraction of sp³-hybridized carbons (Fsp3) is 0.722. The van der Waals surface area contributed by atoms with E-state index >= 15 is 0 Å². The van der Waals surface area contributed by atoms with E-state index in [0.29, 0.717) is 12.1 Å². The highest BCUT2D eigenvalue weighted by atomic mass is 15.2. The molecule has 2 rings (SSSR count). The standard InChI is InChI=1S/C18H31N3/c1-5-7-15-10-11-17(19-3)18(12-15)21(4)13-16-9-6-8-14(2)20-16/h6,8-9,15,17-19H,5,7,10-13H2,1-4H3. The van der Waals surface area contributed by atoms with Crippen LogP contribution in [0.25, 0.3) is 0 Å². The summed E-state index contributed by atoms with van der Waals surface area (Å²) in [4.78, 5) is 7.16. The minimum absolute atomic E-state index is 0.618. The zero-order chi connectivity index (χ0) is 15.2. The van der Waals surface area contributed by atoms with Gasteiger partial charge in [0.25, 0.3) is 0 Å². The van der Waals surface area contributed by atoms with E-state index in [1.165, 1.54) is 37.8 Å². The van der Waals surface area contributed by atoms with Crippen molar-refractivity contribution >= 4 is 0 Å². The van der Waals surface area contributed by atoms with E-state index < -0.39 is 0 Å². The Morgan fingerprint density at radius 1 is 1.33 bits per heavy atom. The molecule has 0 aliphatic heterocycles. The lowest BCUT2D eigenvalue weighted by molar-refractivity contribution is 0.113. The van der Waals surface area contributed by atoms with Gasteiger partial charge in [0.1, 0.15) is 0 Å². The van der Waals surface area contributed by atoms with Gasteiger partial charge in [0.05, 0.1) is 5.69 Å². The average molecular weight is 289 g/mol. The molecule has 1 aliphatic carbocycles. The van der Waals surface area contributed by atoms with Gasteiger partial charge in [-0.25, -0.2) is 0 Å². The summed E-state index contributed by atoms with van der Waals surface area (Å²) in [5.41, 5.74) is 2.29. The minimum atomic E-state index is 0.618. The Labute approximate surface area is 130 Å². The maximum Gasteiger partial charge on any atom is 0.0547 e. The average Bonchev–Trinajstić information content (AvgIpc) is 2.47. The first-order valence-corrected chi connectivity index (χ1v) is 8.44. The Morgan fingerprint density at radius 2 is 2.14 bits per heavy atom. The lowest BCUT2D eigenvalue weighted by Gasteiger charge is -2.41. The molecule has 3 heteroatoms. The van der Waals surface area contributed by atoms with Crippen molar-refractivity contribution < 1.29 is 0 Å². The second kappa shape index (κ2) is 7.90. The fourth-order valence-electron chi connectivity index (χ4n) is 3.79. The van der Waals surface area contributed by atoms with Crippen LogP contribution in [0.2, 0.25) is 0 Å². The molecule has 3 nitrogen and oxygen atoms in total. The number of pyridine rings is 1. The van der Waals surface area contributed by atoms with Crippen molar-refractivity contribution in [2.75, 3.05) is 14.1 Å². The highest BCUT2D eigenvalue weighted by Gasteiger charge is 2.31. The number of hydrogen-bond acceptors (Lipinski definition) is 3. The lowest BCUT2D eigenvalue weighted by Crippen LogP contribution is -2.50. The molecular weight excluding hydrogens is 258 g/mol. The molecule has 118 valence electrons. The molecule has 0 aromatic carbocycles. The van der Waals surface area contributed by atoms with Crippen molar-refractivity contribution in [3.05, 3.63) is 29.6 Å². The summed E-state index contributed by atoms with van der Waals surface area (Å²) in [6, 6.07) is 7.57. The van der Waals surface area contributed by atoms with Crippen LogP contribution in [0, 0.1) is 12.8 Å². The van der Waals surface area contributed by atoms with E-state index in [1.807, 2.05) is 0 Å². The molecule has 0 radical (unpaired) electrons. The molecule has 1 aliphatic rings. The van der Waals surface area contributed by atoms with Gasteiger partial charge >= 0.3 is 0 Å². The summed E-state index contributed by atoms with van der Waals surface area (Å²) in [6.45, 7) is 5.32. The zero-order valence-electron chi connectivity index (χ0n) is 14.1. The van der Waals surface area contributed by atoms with Gasteiger partial charge in [-0.1, -0.05) is 25.8 Å². The number of aryl methyl sites for hydroxylation is 1. The number of rotatable bonds is 6. The Morgan fingerprint density at radius 3 is 2.81 bits per heavy atom. The van der Waals surface area contributed by atoms with Gasteiger partial charge in [-0.3, -0.25) is 9.88 Å². The Bertz CT molecular complexity index is 432. The fourth-order valence-corrected chi connectivity index (χ4v) is 3.79. The van der Waals surface area contributed by atoms with Crippen molar-refractivity contribution in [2.45, 2.75) is 64.6 Å². The van der Waals surface area contributed by atoms with Crippen molar-refractivity contribution in [1.82, 2.24) is 15.2 Å². The van der Waals surface area contributed by atoms with Crippen molar-refractivity contribution in [1.29, 1.82) is 0 Å². The van der Waals surface area contributed by atoms with Crippen LogP contribution in [-0.4, -0.2) is 36.1 Å². The van der Waals surface area contributed by atoms with Gasteiger partial charge in [-0.15, -0.1) is 0 Å². The van der Waals surface area contributed by atoms with Crippen molar-refractivity contribution in [3.8, 4) is 0 Å². The smallest absolute Gasteiger partial charge is 0.0547 e. The quantitative estimate of drug-likeness (QED) is 0.870. The number of likely N-dealkylation sites (N-methyl/N-ethyl adjacent to an activating group) is 2. The third-order valence-corrected chi connectivity index (χ3v) is 4.92. The maximum atomic E-state index is 4.65. The molecule has 3 unspecified atom stereocenters. The van der Waals surface area contributed by atoms with Gasteiger partial charge in [0, 0.05) is 24.3 Å². The first-order valence-electron chi connectivity index (χ1n) is 8.44. The van der Waals surface area contributed by atoms with Crippen LogP contribution in [0.15, 0.2) is 18.2 Å². The summed E-state index contributed by atoms with van der Waals surface area (Å²) in [5, 5.41) is 3.53. The van der Waals surface area contributed by atoms with E-state index in [-0.39, 0.29) is 0 Å². The van der Waals surface area contributed by atoms with Gasteiger partial charge in [0.2, 0.25) is 0 Å². The van der Waals surface area contributed by atoms with E-state index in [9.17, 15) is 0 Å². The van der Waals surface area contributed by atoms with Crippen LogP contribution in [0.5, 0.6) is 0 Å². The van der Waals surface area contributed by atoms with E-state index in [1.54, 1.807) is 0 Å². The summed E-state index contributed by atoms with van der Waals surface area (Å²) in [7, 11) is 4.36. The Kier molecular flexibility index (Phi) is 6.19. The summed E-state index contributed by atoms with van der Waals surface area (Å²) in [5.74, 6) is 0.900. The van der Waals surface area contributed by atoms with Crippen LogP contribution in [0.1, 0.15) is 50.4 Å². The first-order chi connectivity index (χ1) is 10.1. The van der Waals surface area contributed by atoms with E-state index in [4.69, 9.17) is 0 Å². The largest absolute Gasteiger partial charge is 0.315 e. The normalized spacial score (nSPS) is 26.2. The second-order valence-electron chi connectivity index (χ2n) is 6.62. The summed E-state index contributed by atoms with van der Waals surface area (Å²) >= 11 is 0. The predicted octanol–water partition coefficient (Wildman–Crippen LogP) is 3.38. The number of hydrogen-bond donors (Lipinski definition) is 1. The monoisotopic (exact) mass is 289 g/mol. The summed E-state index contributed by atoms with van der Waals surface area (Å²) in [6.07, 6.45) is 6.69. The highest BCUT2D eigenvalue weighted by molar-refractivity contribution is 5.10. The molecule has 1 aromatic heterocycles. The third-order valence-electron chi connectivity index (χ3n) is 4.92. The minimum Gasteiger partial charge on any atom is -0.315 e. The van der Waals surface area contributed by atoms with Crippen LogP contribution >= 0.6 is 0 Å². The summed E-state index contributed by atoms with van der Waals surface area (Å²) < 4.78 is 0. The molecule has 1 saturated carbocycles. The lowest BCUT2D eigenvalue weighted by atomic mass is 9.79. The maximum absolute atomic E-state index is 4.65. The molecule has 21 heavy (non-hydrogen) atoms. The second-order valence-corrected chi connectivity index (χ2v) is 6.62. The van der Waals surface area contributed by atoms with Gasteiger partial charge in [-0.2, -0.15) is 0 Å². The van der Waals surface area contributed by atoms with Gasteiger partial charge in [0.15, 0.2) is 0 Å². The number of aromatic nitrogens is 1. The first kappa shape index (κ1) is 16.4. The highest BCUT2D eigenvalue weighted by Crippen LogP contribution is 2.31. The molecule has 1 N–H and O–H groups in total. The van der Waals surface area contributed by atoms with E-state index in [2.05, 4.69) is 61.3 Å². The molecule has 0 amide bonds. The van der Waals surface area contributed by atoms with Gasteiger partial charge < -0.3 is 5.32 Å². The Hall–Kier alpha value is -0.930. The van der Waals surface area contributed by atoms with E-state index in [0.717, 1.165) is 18.2 Å². The molecule has 1 heterocycles. The Balaban J connectivity index is 2.01. The molecule has 0 spiro atoms. The molecule has 3 atom stereocenters. The number of nitrogens with zero attached hydrogens (tertiary/aromatic N) is 2. The number of nitrogens with one attached hydrogen (secondary N) is 1. The topological polar surface area (TPSA) is 28.2 Å². The predicted molar refractivity (Wildman–Crippen MR) is 89.3 cm³/mol. The van der Waals surface area contributed by atoms with Crippen molar-refractivity contribution in [3.63, 3.8) is 0 Å². The molecule has 1 aromatic rings. The van der Waals surface area contributed by atoms with Crippen molar-refractivity contribution in [2.24, 2.45) is 5.92 Å². The molecule has 1 fully saturated rings.